The van der Waals surface area contributed by atoms with Gasteiger partial charge in [-0.15, -0.1) is 11.3 Å². The number of hydrogen-bond donors (Lipinski definition) is 2. The molecule has 0 aliphatic heterocycles. The number of benzene rings is 2. The molecule has 5 nitrogen and oxygen atoms in total. The lowest BCUT2D eigenvalue weighted by atomic mass is 10.0. The predicted molar refractivity (Wildman–Crippen MR) is 145 cm³/mol. The normalized spacial score (nSPS) is 11.3. The second-order valence-corrected chi connectivity index (χ2v) is 10.7. The first-order valence-corrected chi connectivity index (χ1v) is 13.0. The lowest BCUT2D eigenvalue weighted by molar-refractivity contribution is 0.595. The van der Waals surface area contributed by atoms with E-state index in [9.17, 15) is 0 Å². The molecular weight excluding hydrogens is 507 g/mol. The van der Waals surface area contributed by atoms with Gasteiger partial charge in [0.2, 0.25) is 0 Å². The van der Waals surface area contributed by atoms with Gasteiger partial charge in [0.1, 0.15) is 27.2 Å². The number of rotatable bonds is 6. The average molecular weight is 528 g/mol. The number of hydrogen-bond acceptors (Lipinski definition) is 7. The van der Waals surface area contributed by atoms with Crippen molar-refractivity contribution in [3.05, 3.63) is 75.6 Å². The number of aromatic nitrogens is 2. The fourth-order valence-corrected chi connectivity index (χ4v) is 5.73. The van der Waals surface area contributed by atoms with Crippen molar-refractivity contribution in [1.29, 1.82) is 0 Å². The maximum Gasteiger partial charge on any atom is 0.189 e. The number of nitrogen functional groups attached to an aromatic ring is 1. The van der Waals surface area contributed by atoms with Crippen LogP contribution in [-0.2, 0) is 0 Å². The lowest BCUT2D eigenvalue weighted by Gasteiger charge is -2.07. The van der Waals surface area contributed by atoms with Crippen LogP contribution in [0.15, 0.2) is 64.4 Å². The fraction of sp³-hybridized carbons (Fsp3) is 0.120. The van der Waals surface area contributed by atoms with Crippen LogP contribution in [0.1, 0.15) is 25.3 Å². The summed E-state index contributed by atoms with van der Waals surface area (Å²) in [7, 11) is 0. The molecule has 0 amide bonds. The molecule has 34 heavy (non-hydrogen) atoms. The Kier molecular flexibility index (Phi) is 6.36. The second-order valence-electron chi connectivity index (χ2n) is 7.96. The van der Waals surface area contributed by atoms with Gasteiger partial charge in [0, 0.05) is 21.7 Å². The molecule has 0 atom stereocenters. The summed E-state index contributed by atoms with van der Waals surface area (Å²) in [6.07, 6.45) is 0. The van der Waals surface area contributed by atoms with Crippen molar-refractivity contribution in [1.82, 2.24) is 9.97 Å². The number of nitrogens with two attached hydrogens (primary N) is 1. The summed E-state index contributed by atoms with van der Waals surface area (Å²) in [5.41, 5.74) is 9.98. The largest absolute Gasteiger partial charge is 0.454 e. The molecule has 3 N–H and O–H groups in total. The van der Waals surface area contributed by atoms with E-state index in [1.165, 1.54) is 28.2 Å². The number of thiazole rings is 2. The van der Waals surface area contributed by atoms with Crippen LogP contribution in [0.3, 0.4) is 0 Å². The maximum atomic E-state index is 6.32. The summed E-state index contributed by atoms with van der Waals surface area (Å²) in [5.74, 6) is 2.23. The first kappa shape index (κ1) is 22.9. The highest BCUT2D eigenvalue weighted by Crippen LogP contribution is 2.40. The van der Waals surface area contributed by atoms with Gasteiger partial charge in [-0.2, -0.15) is 0 Å². The van der Waals surface area contributed by atoms with Gasteiger partial charge in [0.05, 0.1) is 5.02 Å². The van der Waals surface area contributed by atoms with E-state index in [1.807, 2.05) is 23.6 Å². The number of nitrogens with zero attached hydrogens (tertiary/aromatic N) is 2. The summed E-state index contributed by atoms with van der Waals surface area (Å²) in [5, 5.41) is 7.89. The third-order valence-corrected chi connectivity index (χ3v) is 7.77. The minimum absolute atomic E-state index is 0.445. The van der Waals surface area contributed by atoms with E-state index in [1.54, 1.807) is 12.1 Å². The van der Waals surface area contributed by atoms with Crippen molar-refractivity contribution in [3.8, 4) is 32.7 Å². The Bertz CT molecular complexity index is 1450. The summed E-state index contributed by atoms with van der Waals surface area (Å²) < 4.78 is 6.03. The van der Waals surface area contributed by atoms with E-state index in [0.717, 1.165) is 32.0 Å². The Morgan fingerprint density at radius 2 is 1.74 bits per heavy atom. The molecule has 0 radical (unpaired) electrons. The van der Waals surface area contributed by atoms with Crippen molar-refractivity contribution in [3.63, 3.8) is 0 Å². The molecule has 3 aromatic heterocycles. The predicted octanol–water partition coefficient (Wildman–Crippen LogP) is 8.95. The lowest BCUT2D eigenvalue weighted by Crippen LogP contribution is -1.92. The van der Waals surface area contributed by atoms with Crippen LogP contribution in [0.5, 0.6) is 0 Å². The van der Waals surface area contributed by atoms with Gasteiger partial charge in [-0.3, -0.25) is 0 Å². The molecule has 3 heterocycles. The summed E-state index contributed by atoms with van der Waals surface area (Å²) >= 11 is 15.3. The van der Waals surface area contributed by atoms with Gasteiger partial charge in [-0.1, -0.05) is 60.5 Å². The molecule has 0 aliphatic rings. The topological polar surface area (TPSA) is 77.0 Å². The van der Waals surface area contributed by atoms with Gasteiger partial charge < -0.3 is 15.5 Å². The van der Waals surface area contributed by atoms with E-state index in [0.29, 0.717) is 33.3 Å². The van der Waals surface area contributed by atoms with Crippen molar-refractivity contribution in [2.45, 2.75) is 19.8 Å². The highest BCUT2D eigenvalue weighted by molar-refractivity contribution is 7.23. The van der Waals surface area contributed by atoms with Crippen LogP contribution in [0.2, 0.25) is 10.0 Å². The molecule has 0 saturated carbocycles. The summed E-state index contributed by atoms with van der Waals surface area (Å²) in [4.78, 5) is 10.0. The third kappa shape index (κ3) is 4.70. The van der Waals surface area contributed by atoms with E-state index >= 15 is 0 Å². The van der Waals surface area contributed by atoms with Gasteiger partial charge in [-0.25, -0.2) is 9.97 Å². The van der Waals surface area contributed by atoms with Gasteiger partial charge in [-0.05, 0) is 53.9 Å². The first-order chi connectivity index (χ1) is 16.4. The second kappa shape index (κ2) is 9.43. The zero-order valence-corrected chi connectivity index (χ0v) is 21.4. The minimum Gasteiger partial charge on any atom is -0.454 e. The zero-order chi connectivity index (χ0) is 23.8. The molecular formula is C25H20Cl2N4OS2. The van der Waals surface area contributed by atoms with E-state index in [2.05, 4.69) is 48.4 Å². The van der Waals surface area contributed by atoms with Crippen LogP contribution in [0.25, 0.3) is 32.7 Å². The molecule has 0 bridgehead atoms. The van der Waals surface area contributed by atoms with E-state index in [-0.39, 0.29) is 0 Å². The van der Waals surface area contributed by atoms with Crippen LogP contribution < -0.4 is 11.1 Å². The monoisotopic (exact) mass is 526 g/mol. The molecule has 0 saturated heterocycles. The van der Waals surface area contributed by atoms with Gasteiger partial charge in [0.25, 0.3) is 0 Å². The Labute approximate surface area is 215 Å². The summed E-state index contributed by atoms with van der Waals surface area (Å²) in [6, 6.07) is 17.4. The van der Waals surface area contributed by atoms with Crippen LogP contribution in [-0.4, -0.2) is 9.97 Å². The number of anilines is 3. The van der Waals surface area contributed by atoms with Crippen molar-refractivity contribution < 1.29 is 4.42 Å². The molecule has 0 aliphatic carbocycles. The summed E-state index contributed by atoms with van der Waals surface area (Å²) in [6.45, 7) is 4.35. The molecule has 9 heteroatoms. The van der Waals surface area contributed by atoms with Crippen molar-refractivity contribution in [2.75, 3.05) is 11.1 Å². The zero-order valence-electron chi connectivity index (χ0n) is 18.3. The molecule has 5 aromatic rings. The van der Waals surface area contributed by atoms with Crippen molar-refractivity contribution >= 4 is 62.5 Å². The van der Waals surface area contributed by atoms with Gasteiger partial charge in [0.15, 0.2) is 10.9 Å². The highest BCUT2D eigenvalue weighted by atomic mass is 35.5. The average Bonchev–Trinajstić information content (AvgIpc) is 3.54. The first-order valence-electron chi connectivity index (χ1n) is 10.5. The SMILES string of the molecule is CC(C)c1ccc(Nc2nc(N)c(-c3nc(-c4ccc(-c5ccc(Cl)cc5Cl)o4)cs3)s2)cc1. The van der Waals surface area contributed by atoms with E-state index in [4.69, 9.17) is 38.3 Å². The number of halogens is 2. The van der Waals surface area contributed by atoms with Gasteiger partial charge >= 0.3 is 0 Å². The smallest absolute Gasteiger partial charge is 0.189 e. The highest BCUT2D eigenvalue weighted by Gasteiger charge is 2.17. The Morgan fingerprint density at radius 3 is 2.47 bits per heavy atom. The number of nitrogens with one attached hydrogen (secondary N) is 1. The Morgan fingerprint density at radius 1 is 0.971 bits per heavy atom. The Balaban J connectivity index is 1.36. The minimum atomic E-state index is 0.445. The van der Waals surface area contributed by atoms with Crippen LogP contribution in [0.4, 0.5) is 16.6 Å². The molecule has 172 valence electrons. The van der Waals surface area contributed by atoms with Crippen LogP contribution >= 0.6 is 45.9 Å². The molecule has 5 rings (SSSR count). The van der Waals surface area contributed by atoms with Crippen LogP contribution in [0, 0.1) is 0 Å². The quantitative estimate of drug-likeness (QED) is 0.231. The molecule has 0 unspecified atom stereocenters. The molecule has 0 spiro atoms. The Hall–Kier alpha value is -2.84. The van der Waals surface area contributed by atoms with E-state index < -0.39 is 0 Å². The third-order valence-electron chi connectivity index (χ3n) is 5.24. The fourth-order valence-electron chi connectivity index (χ4n) is 3.41. The standard InChI is InChI=1S/C25H20Cl2N4OS2/c1-13(2)14-3-6-16(7-4-14)29-25-31-23(28)22(34-25)24-30-19(12-33-24)21-10-9-20(32-21)17-8-5-15(26)11-18(17)27/h3-13H,28H2,1-2H3,(H,29,31). The molecule has 2 aromatic carbocycles. The molecule has 0 fully saturated rings. The maximum absolute atomic E-state index is 6.32. The number of furan rings is 1. The van der Waals surface area contributed by atoms with Crippen molar-refractivity contribution in [2.24, 2.45) is 0 Å².